The van der Waals surface area contributed by atoms with Crippen LogP contribution in [0.15, 0.2) is 0 Å². The first kappa shape index (κ1) is 12.8. The van der Waals surface area contributed by atoms with Gasteiger partial charge in [-0.2, -0.15) is 0 Å². The van der Waals surface area contributed by atoms with E-state index >= 15 is 0 Å². The van der Waals surface area contributed by atoms with Crippen molar-refractivity contribution in [1.82, 2.24) is 10.2 Å². The Morgan fingerprint density at radius 3 is 2.94 bits per heavy atom. The van der Waals surface area contributed by atoms with E-state index in [1.807, 2.05) is 4.90 Å². The van der Waals surface area contributed by atoms with E-state index in [4.69, 9.17) is 5.11 Å². The number of carbonyl (C=O) groups excluding carboxylic acids is 1. The number of rotatable bonds is 3. The van der Waals surface area contributed by atoms with Gasteiger partial charge in [-0.25, -0.2) is 0 Å². The Morgan fingerprint density at radius 2 is 2.29 bits per heavy atom. The van der Waals surface area contributed by atoms with Gasteiger partial charge >= 0.3 is 0 Å². The molecule has 2 aliphatic heterocycles. The smallest absolute Gasteiger partial charge is 0.239 e. The molecule has 2 saturated heterocycles. The van der Waals surface area contributed by atoms with Crippen LogP contribution in [0.5, 0.6) is 0 Å². The molecule has 0 aliphatic carbocycles. The van der Waals surface area contributed by atoms with Crippen LogP contribution < -0.4 is 5.32 Å². The number of likely N-dealkylation sites (tertiary alicyclic amines) is 1. The lowest BCUT2D eigenvalue weighted by molar-refractivity contribution is -0.135. The van der Waals surface area contributed by atoms with Crippen molar-refractivity contribution in [3.8, 4) is 0 Å². The van der Waals surface area contributed by atoms with E-state index in [0.717, 1.165) is 45.3 Å². The van der Waals surface area contributed by atoms with Gasteiger partial charge < -0.3 is 15.3 Å². The molecule has 0 bridgehead atoms. The Morgan fingerprint density at radius 1 is 1.47 bits per heavy atom. The molecule has 17 heavy (non-hydrogen) atoms. The summed E-state index contributed by atoms with van der Waals surface area (Å²) < 4.78 is 0. The molecular formula is C13H24N2O2. The van der Waals surface area contributed by atoms with Crippen molar-refractivity contribution < 1.29 is 9.90 Å². The molecule has 3 atom stereocenters. The number of hydrogen-bond acceptors (Lipinski definition) is 3. The molecule has 3 unspecified atom stereocenters. The van der Waals surface area contributed by atoms with Crippen LogP contribution in [0, 0.1) is 11.8 Å². The Kier molecular flexibility index (Phi) is 4.40. The molecule has 4 heteroatoms. The second-order valence-electron chi connectivity index (χ2n) is 5.50. The second kappa shape index (κ2) is 5.83. The third-order valence-corrected chi connectivity index (χ3v) is 4.17. The Hall–Kier alpha value is -0.610. The van der Waals surface area contributed by atoms with Gasteiger partial charge in [-0.05, 0) is 44.1 Å². The number of piperidine rings is 1. The van der Waals surface area contributed by atoms with Crippen molar-refractivity contribution in [2.45, 2.75) is 38.6 Å². The summed E-state index contributed by atoms with van der Waals surface area (Å²) in [4.78, 5) is 14.4. The molecule has 0 spiro atoms. The van der Waals surface area contributed by atoms with Crippen LogP contribution in [0.4, 0.5) is 0 Å². The van der Waals surface area contributed by atoms with Crippen LogP contribution in [0.3, 0.4) is 0 Å². The standard InChI is InChI=1S/C13H24N2O2/c1-10-4-6-14-12(10)13(17)15-7-2-3-11(9-15)5-8-16/h10-12,14,16H,2-9H2,1H3. The molecule has 2 rings (SSSR count). The summed E-state index contributed by atoms with van der Waals surface area (Å²) in [6, 6.07) is 0.0304. The van der Waals surface area contributed by atoms with Crippen molar-refractivity contribution in [1.29, 1.82) is 0 Å². The van der Waals surface area contributed by atoms with Gasteiger partial charge in [-0.1, -0.05) is 6.92 Å². The largest absolute Gasteiger partial charge is 0.396 e. The van der Waals surface area contributed by atoms with Gasteiger partial charge in [0.2, 0.25) is 5.91 Å². The fraction of sp³-hybridized carbons (Fsp3) is 0.923. The number of hydrogen-bond donors (Lipinski definition) is 2. The summed E-state index contributed by atoms with van der Waals surface area (Å²) in [7, 11) is 0. The lowest BCUT2D eigenvalue weighted by Crippen LogP contribution is -2.49. The van der Waals surface area contributed by atoms with Crippen LogP contribution in [-0.2, 0) is 4.79 Å². The maximum Gasteiger partial charge on any atom is 0.239 e. The van der Waals surface area contributed by atoms with Gasteiger partial charge in [0.25, 0.3) is 0 Å². The lowest BCUT2D eigenvalue weighted by atomic mass is 9.93. The molecule has 4 nitrogen and oxygen atoms in total. The van der Waals surface area contributed by atoms with E-state index in [-0.39, 0.29) is 18.6 Å². The lowest BCUT2D eigenvalue weighted by Gasteiger charge is -2.35. The minimum Gasteiger partial charge on any atom is -0.396 e. The number of nitrogens with one attached hydrogen (secondary N) is 1. The van der Waals surface area contributed by atoms with Gasteiger partial charge in [0.1, 0.15) is 0 Å². The third-order valence-electron chi connectivity index (χ3n) is 4.17. The minimum absolute atomic E-state index is 0.0304. The van der Waals surface area contributed by atoms with Gasteiger partial charge in [0, 0.05) is 19.7 Å². The summed E-state index contributed by atoms with van der Waals surface area (Å²) in [6.45, 7) is 5.09. The zero-order valence-electron chi connectivity index (χ0n) is 10.7. The molecular weight excluding hydrogens is 216 g/mol. The summed E-state index contributed by atoms with van der Waals surface area (Å²) in [5.74, 6) is 1.23. The monoisotopic (exact) mass is 240 g/mol. The summed E-state index contributed by atoms with van der Waals surface area (Å²) in [5, 5.41) is 12.3. The average molecular weight is 240 g/mol. The third kappa shape index (κ3) is 2.99. The SMILES string of the molecule is CC1CCNC1C(=O)N1CCCC(CCO)C1. The molecule has 2 heterocycles. The molecule has 98 valence electrons. The van der Waals surface area contributed by atoms with Crippen molar-refractivity contribution in [2.24, 2.45) is 11.8 Å². The van der Waals surface area contributed by atoms with E-state index in [0.29, 0.717) is 11.8 Å². The quantitative estimate of drug-likeness (QED) is 0.760. The van der Waals surface area contributed by atoms with Crippen molar-refractivity contribution in [2.75, 3.05) is 26.2 Å². The van der Waals surface area contributed by atoms with Crippen LogP contribution >= 0.6 is 0 Å². The summed E-state index contributed by atoms with van der Waals surface area (Å²) in [6.07, 6.45) is 4.16. The Bertz CT molecular complexity index is 268. The Labute approximate surface area is 103 Å². The first-order valence-electron chi connectivity index (χ1n) is 6.85. The number of amides is 1. The van der Waals surface area contributed by atoms with Crippen molar-refractivity contribution in [3.05, 3.63) is 0 Å². The zero-order chi connectivity index (χ0) is 12.3. The Balaban J connectivity index is 1.90. The molecule has 2 N–H and O–H groups in total. The molecule has 1 amide bonds. The van der Waals surface area contributed by atoms with Crippen molar-refractivity contribution in [3.63, 3.8) is 0 Å². The van der Waals surface area contributed by atoms with Crippen LogP contribution in [0.25, 0.3) is 0 Å². The molecule has 0 aromatic rings. The molecule has 0 aromatic heterocycles. The van der Waals surface area contributed by atoms with Crippen LogP contribution in [0.2, 0.25) is 0 Å². The number of carbonyl (C=O) groups is 1. The fourth-order valence-electron chi connectivity index (χ4n) is 3.05. The molecule has 2 aliphatic rings. The fourth-order valence-corrected chi connectivity index (χ4v) is 3.05. The van der Waals surface area contributed by atoms with E-state index in [1.54, 1.807) is 0 Å². The molecule has 0 aromatic carbocycles. The van der Waals surface area contributed by atoms with Crippen LogP contribution in [-0.4, -0.2) is 48.2 Å². The number of aliphatic hydroxyl groups is 1. The molecule has 0 saturated carbocycles. The summed E-state index contributed by atoms with van der Waals surface area (Å²) >= 11 is 0. The molecule has 0 radical (unpaired) electrons. The van der Waals surface area contributed by atoms with E-state index in [1.165, 1.54) is 0 Å². The predicted molar refractivity (Wildman–Crippen MR) is 66.6 cm³/mol. The maximum atomic E-state index is 12.4. The van der Waals surface area contributed by atoms with Gasteiger partial charge in [-0.3, -0.25) is 4.79 Å². The average Bonchev–Trinajstić information content (AvgIpc) is 2.75. The topological polar surface area (TPSA) is 52.6 Å². The minimum atomic E-state index is 0.0304. The van der Waals surface area contributed by atoms with Gasteiger partial charge in [-0.15, -0.1) is 0 Å². The highest BCUT2D eigenvalue weighted by atomic mass is 16.3. The summed E-state index contributed by atoms with van der Waals surface area (Å²) in [5.41, 5.74) is 0. The highest BCUT2D eigenvalue weighted by Gasteiger charge is 2.34. The van der Waals surface area contributed by atoms with Crippen molar-refractivity contribution >= 4 is 5.91 Å². The second-order valence-corrected chi connectivity index (χ2v) is 5.50. The number of aliphatic hydroxyl groups excluding tert-OH is 1. The van der Waals surface area contributed by atoms with Crippen LogP contribution in [0.1, 0.15) is 32.6 Å². The number of nitrogens with zero attached hydrogens (tertiary/aromatic N) is 1. The predicted octanol–water partition coefficient (Wildman–Crippen LogP) is 0.605. The van der Waals surface area contributed by atoms with Gasteiger partial charge in [0.15, 0.2) is 0 Å². The first-order valence-corrected chi connectivity index (χ1v) is 6.85. The highest BCUT2D eigenvalue weighted by Crippen LogP contribution is 2.23. The molecule has 2 fully saturated rings. The van der Waals surface area contributed by atoms with E-state index < -0.39 is 0 Å². The normalized spacial score (nSPS) is 34.0. The van der Waals surface area contributed by atoms with E-state index in [2.05, 4.69) is 12.2 Å². The zero-order valence-corrected chi connectivity index (χ0v) is 10.7. The van der Waals surface area contributed by atoms with Gasteiger partial charge in [0.05, 0.1) is 6.04 Å². The maximum absolute atomic E-state index is 12.4. The van der Waals surface area contributed by atoms with E-state index in [9.17, 15) is 4.79 Å². The first-order chi connectivity index (χ1) is 8.22. The highest BCUT2D eigenvalue weighted by molar-refractivity contribution is 5.82.